The van der Waals surface area contributed by atoms with Gasteiger partial charge < -0.3 is 5.32 Å². The van der Waals surface area contributed by atoms with Gasteiger partial charge in [0.2, 0.25) is 10.0 Å². The van der Waals surface area contributed by atoms with Gasteiger partial charge in [-0.05, 0) is 31.8 Å². The van der Waals surface area contributed by atoms with Crippen molar-refractivity contribution in [1.82, 2.24) is 9.62 Å². The van der Waals surface area contributed by atoms with Gasteiger partial charge in [-0.15, -0.1) is 0 Å². The van der Waals surface area contributed by atoms with Gasteiger partial charge in [0, 0.05) is 19.8 Å². The lowest BCUT2D eigenvalue weighted by molar-refractivity contribution is 0.312. The lowest BCUT2D eigenvalue weighted by atomic mass is 9.98. The van der Waals surface area contributed by atoms with Gasteiger partial charge in [-0.1, -0.05) is 0 Å². The second kappa shape index (κ2) is 5.64. The molecule has 0 radical (unpaired) electrons. The third-order valence-corrected chi connectivity index (χ3v) is 6.81. The van der Waals surface area contributed by atoms with Crippen molar-refractivity contribution in [2.45, 2.75) is 12.8 Å². The summed E-state index contributed by atoms with van der Waals surface area (Å²) < 4.78 is 46.7. The highest BCUT2D eigenvalue weighted by Gasteiger charge is 2.26. The van der Waals surface area contributed by atoms with Crippen LogP contribution in [0.5, 0.6) is 0 Å². The molecule has 0 saturated carbocycles. The second-order valence-corrected chi connectivity index (χ2v) is 9.21. The number of rotatable bonds is 5. The number of nitrogens with one attached hydrogen (secondary N) is 1. The number of nitrogens with zero attached hydrogens (tertiary/aromatic N) is 1. The van der Waals surface area contributed by atoms with E-state index in [0.29, 0.717) is 12.5 Å². The van der Waals surface area contributed by atoms with Gasteiger partial charge in [-0.2, -0.15) is 0 Å². The van der Waals surface area contributed by atoms with Crippen LogP contribution in [0.1, 0.15) is 12.8 Å². The Bertz CT molecular complexity index is 438. The van der Waals surface area contributed by atoms with E-state index in [1.54, 1.807) is 0 Å². The molecule has 0 aliphatic carbocycles. The van der Waals surface area contributed by atoms with Crippen LogP contribution in [0.4, 0.5) is 0 Å². The fourth-order valence-corrected chi connectivity index (χ4v) is 5.22. The van der Waals surface area contributed by atoms with E-state index in [1.807, 2.05) is 0 Å². The lowest BCUT2D eigenvalue weighted by Crippen LogP contribution is -2.39. The van der Waals surface area contributed by atoms with E-state index in [1.165, 1.54) is 11.4 Å². The molecule has 102 valence electrons. The van der Waals surface area contributed by atoms with E-state index in [2.05, 4.69) is 5.32 Å². The third kappa shape index (κ3) is 5.33. The van der Waals surface area contributed by atoms with Gasteiger partial charge in [-0.25, -0.2) is 21.1 Å². The minimum absolute atomic E-state index is 0.315. The van der Waals surface area contributed by atoms with E-state index < -0.39 is 24.9 Å². The highest BCUT2D eigenvalue weighted by atomic mass is 32.3. The van der Waals surface area contributed by atoms with E-state index in [-0.39, 0.29) is 0 Å². The van der Waals surface area contributed by atoms with Crippen LogP contribution < -0.4 is 5.32 Å². The molecule has 6 nitrogen and oxygen atoms in total. The van der Waals surface area contributed by atoms with Crippen LogP contribution in [0.15, 0.2) is 0 Å². The van der Waals surface area contributed by atoms with Crippen molar-refractivity contribution in [3.8, 4) is 0 Å². The summed E-state index contributed by atoms with van der Waals surface area (Å²) in [7, 11) is -5.76. The van der Waals surface area contributed by atoms with Gasteiger partial charge in [0.05, 0.1) is 0 Å². The van der Waals surface area contributed by atoms with Crippen molar-refractivity contribution in [2.24, 2.45) is 5.92 Å². The Labute approximate surface area is 103 Å². The fourth-order valence-electron chi connectivity index (χ4n) is 1.90. The molecule has 17 heavy (non-hydrogen) atoms. The SMILES string of the molecule is CN(CC1CCNCC1)S(=O)(=O)CS(C)(=O)=O. The topological polar surface area (TPSA) is 83.6 Å². The van der Waals surface area contributed by atoms with Crippen LogP contribution in [0, 0.1) is 5.92 Å². The van der Waals surface area contributed by atoms with Crippen molar-refractivity contribution in [3.63, 3.8) is 0 Å². The first-order valence-corrected chi connectivity index (χ1v) is 9.20. The molecule has 0 atom stereocenters. The summed E-state index contributed by atoms with van der Waals surface area (Å²) in [4.78, 5) is 0. The zero-order valence-corrected chi connectivity index (χ0v) is 11.8. The predicted molar refractivity (Wildman–Crippen MR) is 66.9 cm³/mol. The van der Waals surface area contributed by atoms with Gasteiger partial charge >= 0.3 is 0 Å². The second-order valence-electron chi connectivity index (χ2n) is 4.63. The zero-order chi connectivity index (χ0) is 13.1. The number of piperidine rings is 1. The van der Waals surface area contributed by atoms with Crippen molar-refractivity contribution in [1.29, 1.82) is 0 Å². The number of hydrogen-bond donors (Lipinski definition) is 1. The maximum Gasteiger partial charge on any atom is 0.228 e. The number of hydrogen-bond acceptors (Lipinski definition) is 5. The molecule has 0 aromatic heterocycles. The fraction of sp³-hybridized carbons (Fsp3) is 1.00. The molecule has 0 bridgehead atoms. The van der Waals surface area contributed by atoms with Gasteiger partial charge in [0.15, 0.2) is 14.9 Å². The molecule has 0 spiro atoms. The Morgan fingerprint density at radius 3 is 2.18 bits per heavy atom. The summed E-state index contributed by atoms with van der Waals surface area (Å²) >= 11 is 0. The van der Waals surface area contributed by atoms with Crippen LogP contribution in [0.2, 0.25) is 0 Å². The molecule has 1 aliphatic rings. The maximum atomic E-state index is 11.8. The average molecular weight is 284 g/mol. The number of sulfone groups is 1. The van der Waals surface area contributed by atoms with Crippen LogP contribution in [0.25, 0.3) is 0 Å². The standard InChI is InChI=1S/C9H20N2O4S2/c1-11(7-9-3-5-10-6-4-9)17(14,15)8-16(2,12)13/h9-10H,3-8H2,1-2H3. The van der Waals surface area contributed by atoms with Gasteiger partial charge in [0.1, 0.15) is 0 Å². The van der Waals surface area contributed by atoms with E-state index >= 15 is 0 Å². The van der Waals surface area contributed by atoms with Crippen LogP contribution >= 0.6 is 0 Å². The summed E-state index contributed by atoms with van der Waals surface area (Å²) in [5.74, 6) is 0.315. The minimum Gasteiger partial charge on any atom is -0.317 e. The Kier molecular flexibility index (Phi) is 4.94. The summed E-state index contributed by atoms with van der Waals surface area (Å²) in [6, 6.07) is 0. The maximum absolute atomic E-state index is 11.8. The quantitative estimate of drug-likeness (QED) is 0.718. The van der Waals surface area contributed by atoms with Crippen molar-refractivity contribution < 1.29 is 16.8 Å². The number of sulfonamides is 1. The lowest BCUT2D eigenvalue weighted by Gasteiger charge is -2.26. The summed E-state index contributed by atoms with van der Waals surface area (Å²) in [6.07, 6.45) is 2.79. The summed E-state index contributed by atoms with van der Waals surface area (Å²) in [5, 5.41) is 2.40. The summed E-state index contributed by atoms with van der Waals surface area (Å²) in [5.41, 5.74) is 0. The molecule has 8 heteroatoms. The molecule has 0 unspecified atom stereocenters. The van der Waals surface area contributed by atoms with Crippen molar-refractivity contribution in [3.05, 3.63) is 0 Å². The third-order valence-electron chi connectivity index (χ3n) is 2.81. The minimum atomic E-state index is -3.69. The molecule has 0 aromatic rings. The Balaban J connectivity index is 2.59. The van der Waals surface area contributed by atoms with Crippen LogP contribution in [-0.2, 0) is 19.9 Å². The molecule has 0 amide bonds. The van der Waals surface area contributed by atoms with E-state index in [0.717, 1.165) is 32.2 Å². The predicted octanol–water partition coefficient (Wildman–Crippen LogP) is -0.750. The normalized spacial score (nSPS) is 19.7. The first-order chi connectivity index (χ1) is 7.71. The molecular weight excluding hydrogens is 264 g/mol. The molecule has 1 N–H and O–H groups in total. The largest absolute Gasteiger partial charge is 0.317 e. The Morgan fingerprint density at radius 2 is 1.71 bits per heavy atom. The molecular formula is C9H20N2O4S2. The zero-order valence-electron chi connectivity index (χ0n) is 10.2. The molecule has 1 saturated heterocycles. The first-order valence-electron chi connectivity index (χ1n) is 5.53. The van der Waals surface area contributed by atoms with E-state index in [4.69, 9.17) is 0 Å². The van der Waals surface area contributed by atoms with Gasteiger partial charge in [-0.3, -0.25) is 0 Å². The van der Waals surface area contributed by atoms with Crippen molar-refractivity contribution in [2.75, 3.05) is 38.0 Å². The van der Waals surface area contributed by atoms with Crippen LogP contribution in [0.3, 0.4) is 0 Å². The molecule has 1 rings (SSSR count). The molecule has 1 aliphatic heterocycles. The Hall–Kier alpha value is -0.180. The highest BCUT2D eigenvalue weighted by Crippen LogP contribution is 2.15. The average Bonchev–Trinajstić information content (AvgIpc) is 2.15. The van der Waals surface area contributed by atoms with Crippen LogP contribution in [-0.4, -0.2) is 59.2 Å². The molecule has 1 heterocycles. The van der Waals surface area contributed by atoms with Crippen molar-refractivity contribution >= 4 is 19.9 Å². The Morgan fingerprint density at radius 1 is 1.18 bits per heavy atom. The molecule has 0 aromatic carbocycles. The van der Waals surface area contributed by atoms with E-state index in [9.17, 15) is 16.8 Å². The highest BCUT2D eigenvalue weighted by molar-refractivity contribution is 8.06. The summed E-state index contributed by atoms with van der Waals surface area (Å²) in [6.45, 7) is 2.19. The monoisotopic (exact) mass is 284 g/mol. The van der Waals surface area contributed by atoms with Gasteiger partial charge in [0.25, 0.3) is 0 Å². The molecule has 1 fully saturated rings. The smallest absolute Gasteiger partial charge is 0.228 e. The first kappa shape index (κ1) is 14.9.